The summed E-state index contributed by atoms with van der Waals surface area (Å²) in [6.45, 7) is 2.91. The Morgan fingerprint density at radius 3 is 2.90 bits per heavy atom. The van der Waals surface area contributed by atoms with Crippen LogP contribution in [0.5, 0.6) is 0 Å². The first kappa shape index (κ1) is 14.7. The van der Waals surface area contributed by atoms with Crippen molar-refractivity contribution in [2.75, 3.05) is 32.1 Å². The van der Waals surface area contributed by atoms with Crippen molar-refractivity contribution < 1.29 is 10.0 Å². The van der Waals surface area contributed by atoms with Crippen LogP contribution in [0.25, 0.3) is 0 Å². The number of hydrogen-bond donors (Lipinski definition) is 1. The zero-order valence-electron chi connectivity index (χ0n) is 12.0. The van der Waals surface area contributed by atoms with E-state index in [2.05, 4.69) is 4.98 Å². The maximum absolute atomic E-state index is 11.0. The molecule has 1 aromatic rings. The van der Waals surface area contributed by atoms with Gasteiger partial charge in [0, 0.05) is 30.9 Å². The summed E-state index contributed by atoms with van der Waals surface area (Å²) in [6, 6.07) is 1.62. The van der Waals surface area contributed by atoms with Gasteiger partial charge in [-0.25, -0.2) is 4.98 Å². The summed E-state index contributed by atoms with van der Waals surface area (Å²) in [5.41, 5.74) is 0.614. The predicted octanol–water partition coefficient (Wildman–Crippen LogP) is 0.799. The van der Waals surface area contributed by atoms with Crippen molar-refractivity contribution in [2.24, 2.45) is 0 Å². The molecule has 2 unspecified atom stereocenters. The van der Waals surface area contributed by atoms with Crippen LogP contribution in [0.2, 0.25) is 0 Å². The summed E-state index contributed by atoms with van der Waals surface area (Å²) in [7, 11) is 3.93. The summed E-state index contributed by atoms with van der Waals surface area (Å²) in [4.78, 5) is 18.9. The van der Waals surface area contributed by atoms with Gasteiger partial charge >= 0.3 is 0 Å². The molecule has 0 saturated carbocycles. The molecule has 1 aliphatic heterocycles. The van der Waals surface area contributed by atoms with Crippen molar-refractivity contribution in [2.45, 2.75) is 25.5 Å². The topological polar surface area (TPSA) is 82.7 Å². The van der Waals surface area contributed by atoms with Gasteiger partial charge in [0.05, 0.1) is 17.1 Å². The van der Waals surface area contributed by atoms with Gasteiger partial charge in [0.2, 0.25) is 0 Å². The van der Waals surface area contributed by atoms with Gasteiger partial charge in [-0.2, -0.15) is 0 Å². The Labute approximate surface area is 118 Å². The summed E-state index contributed by atoms with van der Waals surface area (Å²) >= 11 is 0. The SMILES string of the molecule is Cc1cnc(N2CC(O)CC2CN(C)C)cc1[N+](=O)[O-]. The Bertz CT molecular complexity index is 506. The number of pyridine rings is 1. The molecule has 1 fully saturated rings. The standard InChI is InChI=1S/C13H20N4O3/c1-9-6-14-13(5-12(9)17(19)20)16-8-11(18)4-10(16)7-15(2)3/h5-6,10-11,18H,4,7-8H2,1-3H3. The third-order valence-corrected chi connectivity index (χ3v) is 3.52. The van der Waals surface area contributed by atoms with E-state index >= 15 is 0 Å². The fraction of sp³-hybridized carbons (Fsp3) is 0.615. The molecule has 7 nitrogen and oxygen atoms in total. The van der Waals surface area contributed by atoms with Crippen molar-refractivity contribution in [3.05, 3.63) is 27.9 Å². The van der Waals surface area contributed by atoms with E-state index in [0.717, 1.165) is 6.54 Å². The normalized spacial score (nSPS) is 22.6. The minimum absolute atomic E-state index is 0.0694. The van der Waals surface area contributed by atoms with E-state index in [1.165, 1.54) is 12.3 Å². The monoisotopic (exact) mass is 280 g/mol. The lowest BCUT2D eigenvalue weighted by atomic mass is 10.2. The van der Waals surface area contributed by atoms with Crippen LogP contribution in [-0.4, -0.2) is 59.2 Å². The number of nitro groups is 1. The molecular formula is C13H20N4O3. The highest BCUT2D eigenvalue weighted by atomic mass is 16.6. The molecule has 0 spiro atoms. The molecule has 0 aromatic carbocycles. The number of hydrogen-bond acceptors (Lipinski definition) is 6. The number of aromatic nitrogens is 1. The first-order valence-electron chi connectivity index (χ1n) is 6.59. The van der Waals surface area contributed by atoms with Crippen LogP contribution in [0.4, 0.5) is 11.5 Å². The van der Waals surface area contributed by atoms with E-state index in [1.54, 1.807) is 6.92 Å². The zero-order valence-corrected chi connectivity index (χ0v) is 12.0. The highest BCUT2D eigenvalue weighted by molar-refractivity contribution is 5.52. The molecule has 1 aromatic heterocycles. The van der Waals surface area contributed by atoms with Gasteiger partial charge < -0.3 is 14.9 Å². The molecule has 2 heterocycles. The number of aliphatic hydroxyl groups is 1. The molecule has 7 heteroatoms. The predicted molar refractivity (Wildman–Crippen MR) is 75.9 cm³/mol. The van der Waals surface area contributed by atoms with Crippen molar-refractivity contribution in [3.8, 4) is 0 Å². The van der Waals surface area contributed by atoms with Crippen LogP contribution in [0.1, 0.15) is 12.0 Å². The summed E-state index contributed by atoms with van der Waals surface area (Å²) in [5.74, 6) is 0.561. The molecule has 1 aliphatic rings. The van der Waals surface area contributed by atoms with E-state index < -0.39 is 11.0 Å². The maximum Gasteiger partial charge on any atom is 0.277 e. The molecule has 0 aliphatic carbocycles. The number of aliphatic hydroxyl groups excluding tert-OH is 1. The van der Waals surface area contributed by atoms with Gasteiger partial charge in [0.25, 0.3) is 5.69 Å². The van der Waals surface area contributed by atoms with Crippen molar-refractivity contribution in [1.82, 2.24) is 9.88 Å². The quantitative estimate of drug-likeness (QED) is 0.649. The molecule has 1 N–H and O–H groups in total. The van der Waals surface area contributed by atoms with Gasteiger partial charge in [0.15, 0.2) is 0 Å². The molecule has 2 atom stereocenters. The number of likely N-dealkylation sites (N-methyl/N-ethyl adjacent to an activating group) is 1. The average molecular weight is 280 g/mol. The second-order valence-corrected chi connectivity index (χ2v) is 5.54. The van der Waals surface area contributed by atoms with Crippen LogP contribution in [0.3, 0.4) is 0 Å². The molecule has 0 bridgehead atoms. The van der Waals surface area contributed by atoms with Gasteiger partial charge in [-0.05, 0) is 27.4 Å². The van der Waals surface area contributed by atoms with E-state index in [4.69, 9.17) is 0 Å². The Balaban J connectivity index is 2.29. The van der Waals surface area contributed by atoms with E-state index in [1.807, 2.05) is 23.9 Å². The fourth-order valence-corrected chi connectivity index (χ4v) is 2.62. The van der Waals surface area contributed by atoms with Gasteiger partial charge in [-0.1, -0.05) is 0 Å². The number of rotatable bonds is 4. The molecular weight excluding hydrogens is 260 g/mol. The summed E-state index contributed by atoms with van der Waals surface area (Å²) in [6.07, 6.45) is 1.76. The lowest BCUT2D eigenvalue weighted by Gasteiger charge is -2.27. The molecule has 110 valence electrons. The summed E-state index contributed by atoms with van der Waals surface area (Å²) < 4.78 is 0. The van der Waals surface area contributed by atoms with E-state index in [9.17, 15) is 15.2 Å². The Hall–Kier alpha value is -1.73. The van der Waals surface area contributed by atoms with Gasteiger partial charge in [-0.3, -0.25) is 10.1 Å². The number of aryl methyl sites for hydroxylation is 1. The van der Waals surface area contributed by atoms with Crippen LogP contribution in [-0.2, 0) is 0 Å². The van der Waals surface area contributed by atoms with Crippen LogP contribution >= 0.6 is 0 Å². The Kier molecular flexibility index (Phi) is 4.20. The number of nitrogens with zero attached hydrogens (tertiary/aromatic N) is 4. The van der Waals surface area contributed by atoms with Crippen LogP contribution < -0.4 is 4.90 Å². The first-order valence-corrected chi connectivity index (χ1v) is 6.59. The van der Waals surface area contributed by atoms with Gasteiger partial charge in [-0.15, -0.1) is 0 Å². The molecule has 0 amide bonds. The molecule has 2 rings (SSSR count). The average Bonchev–Trinajstić information content (AvgIpc) is 2.69. The number of β-amino-alcohol motifs (C(OH)–C–C–N with tert-alkyl or cyclic N) is 1. The molecule has 20 heavy (non-hydrogen) atoms. The van der Waals surface area contributed by atoms with Crippen molar-refractivity contribution >= 4 is 11.5 Å². The minimum Gasteiger partial charge on any atom is -0.391 e. The first-order chi connectivity index (χ1) is 9.38. The fourth-order valence-electron chi connectivity index (χ4n) is 2.62. The van der Waals surface area contributed by atoms with Crippen LogP contribution in [0.15, 0.2) is 12.3 Å². The smallest absolute Gasteiger partial charge is 0.277 e. The highest BCUT2D eigenvalue weighted by Crippen LogP contribution is 2.28. The third-order valence-electron chi connectivity index (χ3n) is 3.52. The van der Waals surface area contributed by atoms with Crippen molar-refractivity contribution in [1.29, 1.82) is 0 Å². The Morgan fingerprint density at radius 1 is 1.60 bits per heavy atom. The second kappa shape index (κ2) is 5.72. The Morgan fingerprint density at radius 2 is 2.30 bits per heavy atom. The second-order valence-electron chi connectivity index (χ2n) is 5.54. The zero-order chi connectivity index (χ0) is 14.9. The minimum atomic E-state index is -0.415. The number of anilines is 1. The van der Waals surface area contributed by atoms with E-state index in [-0.39, 0.29) is 11.7 Å². The molecule has 1 saturated heterocycles. The van der Waals surface area contributed by atoms with Crippen molar-refractivity contribution in [3.63, 3.8) is 0 Å². The van der Waals surface area contributed by atoms with E-state index in [0.29, 0.717) is 24.3 Å². The lowest BCUT2D eigenvalue weighted by molar-refractivity contribution is -0.385. The largest absolute Gasteiger partial charge is 0.391 e. The third kappa shape index (κ3) is 3.05. The lowest BCUT2D eigenvalue weighted by Crippen LogP contribution is -2.38. The maximum atomic E-state index is 11.0. The molecule has 0 radical (unpaired) electrons. The van der Waals surface area contributed by atoms with Gasteiger partial charge in [0.1, 0.15) is 5.82 Å². The highest BCUT2D eigenvalue weighted by Gasteiger charge is 2.32. The summed E-state index contributed by atoms with van der Waals surface area (Å²) in [5, 5.41) is 20.9. The van der Waals surface area contributed by atoms with Crippen LogP contribution in [0, 0.1) is 17.0 Å².